The first kappa shape index (κ1) is 14.1. The first-order valence-electron chi connectivity index (χ1n) is 5.75. The first-order valence-corrected chi connectivity index (χ1v) is 5.75. The Kier molecular flexibility index (Phi) is 5.75. The van der Waals surface area contributed by atoms with Crippen LogP contribution in [0.2, 0.25) is 0 Å². The van der Waals surface area contributed by atoms with Crippen molar-refractivity contribution in [3.8, 4) is 11.8 Å². The maximum absolute atomic E-state index is 11.3. The van der Waals surface area contributed by atoms with Crippen molar-refractivity contribution in [2.45, 2.75) is 26.5 Å². The molecule has 1 aromatic rings. The first-order chi connectivity index (χ1) is 8.63. The van der Waals surface area contributed by atoms with Gasteiger partial charge in [0.15, 0.2) is 0 Å². The minimum absolute atomic E-state index is 0.144. The van der Waals surface area contributed by atoms with Gasteiger partial charge in [-0.15, -0.1) is 0 Å². The lowest BCUT2D eigenvalue weighted by molar-refractivity contribution is 0.115. The summed E-state index contributed by atoms with van der Waals surface area (Å²) < 4.78 is 4.97. The van der Waals surface area contributed by atoms with Crippen LogP contribution in [0.1, 0.15) is 25.0 Å². The largest absolute Gasteiger partial charge is 0.447 e. The SMILES string of the molecule is CC(C)OC(=O)NCc1ccccc1C#CCO. The number of aliphatic hydroxyl groups is 1. The lowest BCUT2D eigenvalue weighted by atomic mass is 10.1. The number of ether oxygens (including phenoxy) is 1. The van der Waals surface area contributed by atoms with Crippen molar-refractivity contribution in [3.63, 3.8) is 0 Å². The van der Waals surface area contributed by atoms with Crippen molar-refractivity contribution in [3.05, 3.63) is 35.4 Å². The molecule has 0 heterocycles. The second kappa shape index (κ2) is 7.36. The fourth-order valence-electron chi connectivity index (χ4n) is 1.35. The van der Waals surface area contributed by atoms with Gasteiger partial charge in [0, 0.05) is 12.1 Å². The lowest BCUT2D eigenvalue weighted by Crippen LogP contribution is -2.26. The highest BCUT2D eigenvalue weighted by atomic mass is 16.6. The standard InChI is InChI=1S/C14H17NO3/c1-11(2)18-14(17)15-10-13-7-4-3-6-12(13)8-5-9-16/h3-4,6-7,11,16H,9-10H2,1-2H3,(H,15,17). The van der Waals surface area contributed by atoms with Crippen LogP contribution in [-0.2, 0) is 11.3 Å². The molecular formula is C14H17NO3. The van der Waals surface area contributed by atoms with Gasteiger partial charge < -0.3 is 15.2 Å². The molecule has 1 rings (SSSR count). The number of nitrogens with one attached hydrogen (secondary N) is 1. The Labute approximate surface area is 107 Å². The fourth-order valence-corrected chi connectivity index (χ4v) is 1.35. The highest BCUT2D eigenvalue weighted by Crippen LogP contribution is 2.07. The predicted molar refractivity (Wildman–Crippen MR) is 68.9 cm³/mol. The summed E-state index contributed by atoms with van der Waals surface area (Å²) in [6, 6.07) is 7.44. The molecule has 0 aliphatic rings. The molecule has 0 saturated carbocycles. The number of alkyl carbamates (subject to hydrolysis) is 1. The molecule has 0 aliphatic carbocycles. The zero-order chi connectivity index (χ0) is 13.4. The van der Waals surface area contributed by atoms with Crippen LogP contribution in [0.25, 0.3) is 0 Å². The zero-order valence-corrected chi connectivity index (χ0v) is 10.6. The second-order valence-electron chi connectivity index (χ2n) is 3.92. The van der Waals surface area contributed by atoms with Gasteiger partial charge in [0.25, 0.3) is 0 Å². The molecular weight excluding hydrogens is 230 g/mol. The second-order valence-corrected chi connectivity index (χ2v) is 3.92. The summed E-state index contributed by atoms with van der Waals surface area (Å²) in [4.78, 5) is 11.3. The molecule has 0 aliphatic heterocycles. The maximum atomic E-state index is 11.3. The summed E-state index contributed by atoms with van der Waals surface area (Å²) in [6.45, 7) is 3.75. The molecule has 1 amide bonds. The van der Waals surface area contributed by atoms with E-state index in [9.17, 15) is 4.79 Å². The van der Waals surface area contributed by atoms with E-state index in [1.165, 1.54) is 0 Å². The molecule has 0 spiro atoms. The highest BCUT2D eigenvalue weighted by molar-refractivity contribution is 5.67. The molecule has 18 heavy (non-hydrogen) atoms. The molecule has 4 nitrogen and oxygen atoms in total. The number of carbonyl (C=O) groups excluding carboxylic acids is 1. The predicted octanol–water partition coefficient (Wildman–Crippen LogP) is 1.66. The van der Waals surface area contributed by atoms with Crippen LogP contribution in [0, 0.1) is 11.8 Å². The van der Waals surface area contributed by atoms with Crippen LogP contribution >= 0.6 is 0 Å². The number of hydrogen-bond acceptors (Lipinski definition) is 3. The molecule has 0 atom stereocenters. The zero-order valence-electron chi connectivity index (χ0n) is 10.6. The van der Waals surface area contributed by atoms with Crippen molar-refractivity contribution in [1.82, 2.24) is 5.32 Å². The van der Waals surface area contributed by atoms with E-state index >= 15 is 0 Å². The Bertz CT molecular complexity index is 458. The number of hydrogen-bond donors (Lipinski definition) is 2. The quantitative estimate of drug-likeness (QED) is 0.799. The monoisotopic (exact) mass is 247 g/mol. The van der Waals surface area contributed by atoms with Gasteiger partial charge in [0.1, 0.15) is 6.61 Å². The molecule has 2 N–H and O–H groups in total. The third kappa shape index (κ3) is 4.89. The van der Waals surface area contributed by atoms with E-state index in [0.717, 1.165) is 11.1 Å². The Balaban J connectivity index is 2.64. The van der Waals surface area contributed by atoms with Gasteiger partial charge >= 0.3 is 6.09 Å². The lowest BCUT2D eigenvalue weighted by Gasteiger charge is -2.10. The van der Waals surface area contributed by atoms with Gasteiger partial charge in [-0.1, -0.05) is 30.0 Å². The van der Waals surface area contributed by atoms with Crippen LogP contribution in [0.3, 0.4) is 0 Å². The summed E-state index contributed by atoms with van der Waals surface area (Å²) in [5.74, 6) is 5.42. The number of amides is 1. The summed E-state index contributed by atoms with van der Waals surface area (Å²) in [5.41, 5.74) is 1.68. The van der Waals surface area contributed by atoms with Crippen molar-refractivity contribution in [1.29, 1.82) is 0 Å². The van der Waals surface area contributed by atoms with Gasteiger partial charge in [-0.25, -0.2) is 4.79 Å². The van der Waals surface area contributed by atoms with Crippen molar-refractivity contribution >= 4 is 6.09 Å². The van der Waals surface area contributed by atoms with Crippen LogP contribution in [0.5, 0.6) is 0 Å². The fraction of sp³-hybridized carbons (Fsp3) is 0.357. The Morgan fingerprint density at radius 3 is 2.83 bits per heavy atom. The Morgan fingerprint density at radius 1 is 1.44 bits per heavy atom. The van der Waals surface area contributed by atoms with Crippen molar-refractivity contribution < 1.29 is 14.6 Å². The van der Waals surface area contributed by atoms with Crippen molar-refractivity contribution in [2.24, 2.45) is 0 Å². The van der Waals surface area contributed by atoms with Crippen LogP contribution in [-0.4, -0.2) is 23.9 Å². The van der Waals surface area contributed by atoms with Gasteiger partial charge in [-0.2, -0.15) is 0 Å². The smallest absolute Gasteiger partial charge is 0.407 e. The van der Waals surface area contributed by atoms with E-state index in [0.29, 0.717) is 6.54 Å². The minimum atomic E-state index is -0.449. The van der Waals surface area contributed by atoms with E-state index in [1.54, 1.807) is 13.8 Å². The summed E-state index contributed by atoms with van der Waals surface area (Å²) >= 11 is 0. The molecule has 4 heteroatoms. The molecule has 0 saturated heterocycles. The molecule has 0 bridgehead atoms. The molecule has 0 aromatic heterocycles. The maximum Gasteiger partial charge on any atom is 0.407 e. The number of aliphatic hydroxyl groups excluding tert-OH is 1. The number of rotatable bonds is 3. The molecule has 0 unspecified atom stereocenters. The number of carbonyl (C=O) groups is 1. The third-order valence-corrected chi connectivity index (χ3v) is 2.09. The molecule has 1 aromatic carbocycles. The Morgan fingerprint density at radius 2 is 2.17 bits per heavy atom. The van der Waals surface area contributed by atoms with E-state index < -0.39 is 6.09 Å². The normalized spacial score (nSPS) is 9.56. The summed E-state index contributed by atoms with van der Waals surface area (Å²) in [7, 11) is 0. The van der Waals surface area contributed by atoms with Crippen LogP contribution in [0.15, 0.2) is 24.3 Å². The summed E-state index contributed by atoms with van der Waals surface area (Å²) in [6.07, 6.45) is -0.593. The topological polar surface area (TPSA) is 58.6 Å². The Hall–Kier alpha value is -1.99. The van der Waals surface area contributed by atoms with Crippen LogP contribution in [0.4, 0.5) is 4.79 Å². The molecule has 96 valence electrons. The highest BCUT2D eigenvalue weighted by Gasteiger charge is 2.05. The van der Waals surface area contributed by atoms with E-state index in [1.807, 2.05) is 24.3 Å². The van der Waals surface area contributed by atoms with Crippen molar-refractivity contribution in [2.75, 3.05) is 6.61 Å². The van der Waals surface area contributed by atoms with Gasteiger partial charge in [-0.3, -0.25) is 0 Å². The summed E-state index contributed by atoms with van der Waals surface area (Å²) in [5, 5.41) is 11.3. The average molecular weight is 247 g/mol. The molecule has 0 fully saturated rings. The van der Waals surface area contributed by atoms with E-state index in [-0.39, 0.29) is 12.7 Å². The van der Waals surface area contributed by atoms with Crippen LogP contribution < -0.4 is 5.32 Å². The van der Waals surface area contributed by atoms with E-state index in [4.69, 9.17) is 9.84 Å². The van der Waals surface area contributed by atoms with E-state index in [2.05, 4.69) is 17.2 Å². The minimum Gasteiger partial charge on any atom is -0.447 e. The third-order valence-electron chi connectivity index (χ3n) is 2.09. The average Bonchev–Trinajstić information content (AvgIpc) is 2.34. The van der Waals surface area contributed by atoms with Gasteiger partial charge in [-0.05, 0) is 25.5 Å². The van der Waals surface area contributed by atoms with Gasteiger partial charge in [0.2, 0.25) is 0 Å². The molecule has 0 radical (unpaired) electrons. The number of benzene rings is 1. The van der Waals surface area contributed by atoms with Gasteiger partial charge in [0.05, 0.1) is 6.10 Å².